The fraction of sp³-hybridized carbons (Fsp3) is 0.667. The SMILES string of the molecule is COc1cccc(CNC2CCCC(CC(C)C)C2)c1. The predicted molar refractivity (Wildman–Crippen MR) is 85.0 cm³/mol. The minimum absolute atomic E-state index is 0.693. The van der Waals surface area contributed by atoms with Crippen LogP contribution in [0.25, 0.3) is 0 Å². The molecule has 2 unspecified atom stereocenters. The van der Waals surface area contributed by atoms with Crippen molar-refractivity contribution in [1.82, 2.24) is 5.32 Å². The van der Waals surface area contributed by atoms with E-state index in [1.165, 1.54) is 37.7 Å². The number of benzene rings is 1. The van der Waals surface area contributed by atoms with E-state index in [0.29, 0.717) is 6.04 Å². The Morgan fingerprint density at radius 2 is 2.15 bits per heavy atom. The second-order valence-electron chi connectivity index (χ2n) is 6.59. The van der Waals surface area contributed by atoms with Gasteiger partial charge in [-0.3, -0.25) is 0 Å². The zero-order valence-corrected chi connectivity index (χ0v) is 13.2. The van der Waals surface area contributed by atoms with Gasteiger partial charge >= 0.3 is 0 Å². The van der Waals surface area contributed by atoms with E-state index in [9.17, 15) is 0 Å². The minimum atomic E-state index is 0.693. The van der Waals surface area contributed by atoms with Crippen molar-refractivity contribution in [3.63, 3.8) is 0 Å². The van der Waals surface area contributed by atoms with Crippen molar-refractivity contribution in [2.45, 2.75) is 58.5 Å². The van der Waals surface area contributed by atoms with Crippen LogP contribution in [0.4, 0.5) is 0 Å². The smallest absolute Gasteiger partial charge is 0.119 e. The van der Waals surface area contributed by atoms with E-state index >= 15 is 0 Å². The van der Waals surface area contributed by atoms with Gasteiger partial charge in [-0.15, -0.1) is 0 Å². The quantitative estimate of drug-likeness (QED) is 0.831. The van der Waals surface area contributed by atoms with E-state index in [1.54, 1.807) is 7.11 Å². The van der Waals surface area contributed by atoms with Gasteiger partial charge in [0.2, 0.25) is 0 Å². The third-order valence-electron chi connectivity index (χ3n) is 4.32. The maximum atomic E-state index is 5.28. The molecule has 1 aliphatic carbocycles. The van der Waals surface area contributed by atoms with Gasteiger partial charge < -0.3 is 10.1 Å². The summed E-state index contributed by atoms with van der Waals surface area (Å²) in [6, 6.07) is 9.06. The van der Waals surface area contributed by atoms with E-state index in [2.05, 4.69) is 37.4 Å². The van der Waals surface area contributed by atoms with Crippen LogP contribution in [0.5, 0.6) is 5.75 Å². The van der Waals surface area contributed by atoms with Crippen molar-refractivity contribution in [3.8, 4) is 5.75 Å². The molecule has 1 aliphatic rings. The molecule has 1 saturated carbocycles. The molecule has 0 saturated heterocycles. The van der Waals surface area contributed by atoms with Crippen LogP contribution in [0.1, 0.15) is 51.5 Å². The molecule has 1 N–H and O–H groups in total. The summed E-state index contributed by atoms with van der Waals surface area (Å²) in [5.41, 5.74) is 1.32. The summed E-state index contributed by atoms with van der Waals surface area (Å²) in [5, 5.41) is 3.74. The van der Waals surface area contributed by atoms with Crippen molar-refractivity contribution >= 4 is 0 Å². The zero-order chi connectivity index (χ0) is 14.4. The Morgan fingerprint density at radius 1 is 1.30 bits per heavy atom. The molecule has 20 heavy (non-hydrogen) atoms. The first-order valence-electron chi connectivity index (χ1n) is 8.03. The molecule has 1 aromatic carbocycles. The number of ether oxygens (including phenoxy) is 1. The van der Waals surface area contributed by atoms with Gasteiger partial charge in [-0.1, -0.05) is 38.8 Å². The normalized spacial score (nSPS) is 23.0. The van der Waals surface area contributed by atoms with Crippen LogP contribution in [0, 0.1) is 11.8 Å². The van der Waals surface area contributed by atoms with Gasteiger partial charge in [0.15, 0.2) is 0 Å². The largest absolute Gasteiger partial charge is 0.497 e. The van der Waals surface area contributed by atoms with Crippen LogP contribution in [-0.2, 0) is 6.54 Å². The van der Waals surface area contributed by atoms with E-state index in [-0.39, 0.29) is 0 Å². The van der Waals surface area contributed by atoms with Gasteiger partial charge in [0.25, 0.3) is 0 Å². The second kappa shape index (κ2) is 7.68. The standard InChI is InChI=1S/C18H29NO/c1-14(2)10-15-6-4-8-17(11-15)19-13-16-7-5-9-18(12-16)20-3/h5,7,9,12,14-15,17,19H,4,6,8,10-11,13H2,1-3H3. The summed E-state index contributed by atoms with van der Waals surface area (Å²) in [7, 11) is 1.73. The highest BCUT2D eigenvalue weighted by Gasteiger charge is 2.22. The Balaban J connectivity index is 1.80. The van der Waals surface area contributed by atoms with Gasteiger partial charge in [-0.25, -0.2) is 0 Å². The average Bonchev–Trinajstić information content (AvgIpc) is 2.45. The maximum Gasteiger partial charge on any atom is 0.119 e. The maximum absolute atomic E-state index is 5.28. The van der Waals surface area contributed by atoms with Gasteiger partial charge in [0.1, 0.15) is 5.75 Å². The summed E-state index contributed by atoms with van der Waals surface area (Å²) in [5.74, 6) is 2.70. The highest BCUT2D eigenvalue weighted by molar-refractivity contribution is 5.28. The first-order valence-corrected chi connectivity index (χ1v) is 8.03. The highest BCUT2D eigenvalue weighted by atomic mass is 16.5. The van der Waals surface area contributed by atoms with Crippen molar-refractivity contribution in [3.05, 3.63) is 29.8 Å². The Labute approximate surface area is 123 Å². The number of hydrogen-bond acceptors (Lipinski definition) is 2. The summed E-state index contributed by atoms with van der Waals surface area (Å²) in [6.45, 7) is 5.64. The highest BCUT2D eigenvalue weighted by Crippen LogP contribution is 2.29. The van der Waals surface area contributed by atoms with E-state index in [1.807, 2.05) is 6.07 Å². The topological polar surface area (TPSA) is 21.3 Å². The van der Waals surface area contributed by atoms with E-state index < -0.39 is 0 Å². The third-order valence-corrected chi connectivity index (χ3v) is 4.32. The lowest BCUT2D eigenvalue weighted by Crippen LogP contribution is -2.34. The lowest BCUT2D eigenvalue weighted by atomic mass is 9.81. The molecular formula is C18H29NO. The van der Waals surface area contributed by atoms with E-state index in [4.69, 9.17) is 4.74 Å². The summed E-state index contributed by atoms with van der Waals surface area (Å²) in [6.07, 6.45) is 6.88. The Hall–Kier alpha value is -1.02. The molecule has 1 fully saturated rings. The molecule has 0 aliphatic heterocycles. The molecule has 0 bridgehead atoms. The third kappa shape index (κ3) is 4.82. The number of rotatable bonds is 6. The minimum Gasteiger partial charge on any atom is -0.497 e. The number of hydrogen-bond donors (Lipinski definition) is 1. The average molecular weight is 275 g/mol. The molecule has 2 atom stereocenters. The van der Waals surface area contributed by atoms with Crippen molar-refractivity contribution in [2.24, 2.45) is 11.8 Å². The van der Waals surface area contributed by atoms with Crippen LogP contribution in [0.2, 0.25) is 0 Å². The molecule has 0 amide bonds. The molecule has 0 heterocycles. The lowest BCUT2D eigenvalue weighted by Gasteiger charge is -2.31. The second-order valence-corrected chi connectivity index (χ2v) is 6.59. The first kappa shape index (κ1) is 15.4. The van der Waals surface area contributed by atoms with E-state index in [0.717, 1.165) is 24.1 Å². The lowest BCUT2D eigenvalue weighted by molar-refractivity contribution is 0.252. The van der Waals surface area contributed by atoms with Crippen molar-refractivity contribution in [1.29, 1.82) is 0 Å². The van der Waals surface area contributed by atoms with Crippen LogP contribution >= 0.6 is 0 Å². The zero-order valence-electron chi connectivity index (χ0n) is 13.2. The summed E-state index contributed by atoms with van der Waals surface area (Å²) < 4.78 is 5.28. The first-order chi connectivity index (χ1) is 9.67. The molecule has 2 nitrogen and oxygen atoms in total. The monoisotopic (exact) mass is 275 g/mol. The molecular weight excluding hydrogens is 246 g/mol. The Kier molecular flexibility index (Phi) is 5.90. The molecule has 2 heteroatoms. The van der Waals surface area contributed by atoms with Crippen LogP contribution in [0.15, 0.2) is 24.3 Å². The van der Waals surface area contributed by atoms with Crippen molar-refractivity contribution < 1.29 is 4.74 Å². The molecule has 112 valence electrons. The number of nitrogens with one attached hydrogen (secondary N) is 1. The van der Waals surface area contributed by atoms with Gasteiger partial charge in [-0.05, 0) is 48.8 Å². The fourth-order valence-electron chi connectivity index (χ4n) is 3.40. The Bertz CT molecular complexity index is 402. The fourth-order valence-corrected chi connectivity index (χ4v) is 3.40. The summed E-state index contributed by atoms with van der Waals surface area (Å²) in [4.78, 5) is 0. The van der Waals surface area contributed by atoms with Crippen LogP contribution in [0.3, 0.4) is 0 Å². The summed E-state index contributed by atoms with van der Waals surface area (Å²) >= 11 is 0. The molecule has 0 aromatic heterocycles. The Morgan fingerprint density at radius 3 is 2.90 bits per heavy atom. The molecule has 2 rings (SSSR count). The number of methoxy groups -OCH3 is 1. The molecule has 1 aromatic rings. The van der Waals surface area contributed by atoms with Gasteiger partial charge in [-0.2, -0.15) is 0 Å². The van der Waals surface area contributed by atoms with Crippen LogP contribution < -0.4 is 10.1 Å². The molecule has 0 radical (unpaired) electrons. The van der Waals surface area contributed by atoms with Gasteiger partial charge in [0, 0.05) is 12.6 Å². The predicted octanol–water partition coefficient (Wildman–Crippen LogP) is 4.39. The van der Waals surface area contributed by atoms with Crippen LogP contribution in [-0.4, -0.2) is 13.2 Å². The van der Waals surface area contributed by atoms with Gasteiger partial charge in [0.05, 0.1) is 7.11 Å². The van der Waals surface area contributed by atoms with Crippen molar-refractivity contribution in [2.75, 3.05) is 7.11 Å². The molecule has 0 spiro atoms.